The van der Waals surface area contributed by atoms with Gasteiger partial charge in [-0.1, -0.05) is 11.6 Å². The Morgan fingerprint density at radius 3 is 2.85 bits per heavy atom. The lowest BCUT2D eigenvalue weighted by Crippen LogP contribution is -2.22. The molecule has 0 aliphatic rings. The molecule has 0 saturated carbocycles. The minimum Gasteiger partial charge on any atom is -0.494 e. The van der Waals surface area contributed by atoms with Gasteiger partial charge in [0.2, 0.25) is 0 Å². The van der Waals surface area contributed by atoms with Crippen LogP contribution in [0, 0.1) is 5.41 Å². The molecule has 3 rings (SSSR count). The normalized spacial score (nSPS) is 12.6. The third-order valence-corrected chi connectivity index (χ3v) is 4.17. The largest absolute Gasteiger partial charge is 0.494 e. The molecule has 0 saturated heterocycles. The monoisotopic (exact) mass is 393 g/mol. The Labute approximate surface area is 159 Å². The summed E-state index contributed by atoms with van der Waals surface area (Å²) in [7, 11) is 1.44. The van der Waals surface area contributed by atoms with Crippen LogP contribution in [-0.2, 0) is 17.8 Å². The van der Waals surface area contributed by atoms with Gasteiger partial charge in [0, 0.05) is 23.5 Å². The highest BCUT2D eigenvalue weighted by molar-refractivity contribution is 6.31. The van der Waals surface area contributed by atoms with Crippen molar-refractivity contribution in [1.82, 2.24) is 19.9 Å². The standard InChI is InChI=1S/C18H18ClF2N5O/c1-18(20,21)10-26-16(9-23-7-12(6-22)27-2)25-15-8-24-14-4-3-11(19)5-13(14)17(15)26/h3-8,22-23H,9-10H2,1-2H3/b12-7+,22-6?. The second-order valence-electron chi connectivity index (χ2n) is 6.11. The first-order valence-corrected chi connectivity index (χ1v) is 8.49. The highest BCUT2D eigenvalue weighted by atomic mass is 35.5. The molecular weight excluding hydrogens is 376 g/mol. The molecule has 0 atom stereocenters. The van der Waals surface area contributed by atoms with Crippen molar-refractivity contribution in [1.29, 1.82) is 5.41 Å². The summed E-state index contributed by atoms with van der Waals surface area (Å²) in [6.45, 7) is 0.509. The van der Waals surface area contributed by atoms with Crippen LogP contribution < -0.4 is 5.32 Å². The number of imidazole rings is 1. The van der Waals surface area contributed by atoms with Crippen LogP contribution in [0.25, 0.3) is 21.9 Å². The molecule has 0 spiro atoms. The average molecular weight is 394 g/mol. The molecule has 0 bridgehead atoms. The van der Waals surface area contributed by atoms with Crippen molar-refractivity contribution in [2.24, 2.45) is 0 Å². The van der Waals surface area contributed by atoms with E-state index >= 15 is 0 Å². The maximum absolute atomic E-state index is 13.9. The highest BCUT2D eigenvalue weighted by Crippen LogP contribution is 2.29. The third-order valence-electron chi connectivity index (χ3n) is 3.93. The SMILES string of the molecule is CO/C(C=N)=C/NCc1nc2cnc3ccc(Cl)cc3c2n1CC(C)(F)F. The number of pyridine rings is 1. The van der Waals surface area contributed by atoms with Crippen LogP contribution in [-0.4, -0.2) is 33.8 Å². The topological polar surface area (TPSA) is 75.8 Å². The van der Waals surface area contributed by atoms with E-state index in [0.717, 1.165) is 13.1 Å². The van der Waals surface area contributed by atoms with Gasteiger partial charge in [-0.15, -0.1) is 0 Å². The number of aromatic nitrogens is 3. The predicted molar refractivity (Wildman–Crippen MR) is 101 cm³/mol. The second kappa shape index (κ2) is 7.48. The molecule has 2 aromatic heterocycles. The van der Waals surface area contributed by atoms with Gasteiger partial charge in [0.05, 0.1) is 43.6 Å². The Morgan fingerprint density at radius 1 is 1.41 bits per heavy atom. The molecule has 9 heteroatoms. The van der Waals surface area contributed by atoms with Crippen LogP contribution in [0.2, 0.25) is 5.02 Å². The molecule has 6 nitrogen and oxygen atoms in total. The van der Waals surface area contributed by atoms with Crippen molar-refractivity contribution in [2.75, 3.05) is 7.11 Å². The van der Waals surface area contributed by atoms with E-state index in [1.165, 1.54) is 17.9 Å². The van der Waals surface area contributed by atoms with E-state index in [9.17, 15) is 8.78 Å². The lowest BCUT2D eigenvalue weighted by atomic mass is 10.2. The second-order valence-corrected chi connectivity index (χ2v) is 6.55. The van der Waals surface area contributed by atoms with Gasteiger partial charge in [-0.2, -0.15) is 0 Å². The molecular formula is C18H18ClF2N5O. The van der Waals surface area contributed by atoms with Crippen molar-refractivity contribution < 1.29 is 13.5 Å². The van der Waals surface area contributed by atoms with Gasteiger partial charge in [-0.25, -0.2) is 13.8 Å². The molecule has 0 radical (unpaired) electrons. The summed E-state index contributed by atoms with van der Waals surface area (Å²) >= 11 is 6.10. The minimum atomic E-state index is -2.93. The fourth-order valence-electron chi connectivity index (χ4n) is 2.82. The predicted octanol–water partition coefficient (Wildman–Crippen LogP) is 4.12. The van der Waals surface area contributed by atoms with Crippen LogP contribution in [0.15, 0.2) is 36.4 Å². The number of alkyl halides is 2. The van der Waals surface area contributed by atoms with Crippen molar-refractivity contribution in [3.63, 3.8) is 0 Å². The molecule has 0 amide bonds. The first-order valence-electron chi connectivity index (χ1n) is 8.11. The Bertz CT molecular complexity index is 1030. The maximum Gasteiger partial charge on any atom is 0.262 e. The van der Waals surface area contributed by atoms with Crippen LogP contribution in [0.4, 0.5) is 8.78 Å². The quantitative estimate of drug-likeness (QED) is 0.467. The van der Waals surface area contributed by atoms with Crippen LogP contribution in [0.5, 0.6) is 0 Å². The molecule has 0 fully saturated rings. The summed E-state index contributed by atoms with van der Waals surface area (Å²) in [6, 6.07) is 5.15. The number of hydrogen-bond donors (Lipinski definition) is 2. The number of fused-ring (bicyclic) bond motifs is 3. The first-order chi connectivity index (χ1) is 12.8. The molecule has 2 N–H and O–H groups in total. The van der Waals surface area contributed by atoms with Gasteiger partial charge in [0.25, 0.3) is 5.92 Å². The lowest BCUT2D eigenvalue weighted by molar-refractivity contribution is 0.00423. The van der Waals surface area contributed by atoms with E-state index in [1.807, 2.05) is 0 Å². The number of halogens is 3. The maximum atomic E-state index is 13.9. The molecule has 0 aliphatic heterocycles. The highest BCUT2D eigenvalue weighted by Gasteiger charge is 2.26. The van der Waals surface area contributed by atoms with E-state index in [0.29, 0.717) is 38.5 Å². The Morgan fingerprint density at radius 2 is 2.19 bits per heavy atom. The average Bonchev–Trinajstić information content (AvgIpc) is 2.95. The molecule has 1 aromatic carbocycles. The number of methoxy groups -OCH3 is 1. The van der Waals surface area contributed by atoms with Crippen LogP contribution in [0.3, 0.4) is 0 Å². The van der Waals surface area contributed by atoms with E-state index in [-0.39, 0.29) is 6.54 Å². The molecule has 2 heterocycles. The summed E-state index contributed by atoms with van der Waals surface area (Å²) in [4.78, 5) is 8.79. The van der Waals surface area contributed by atoms with Gasteiger partial charge in [-0.3, -0.25) is 4.98 Å². The van der Waals surface area contributed by atoms with Gasteiger partial charge in [0.1, 0.15) is 11.3 Å². The van der Waals surface area contributed by atoms with Gasteiger partial charge < -0.3 is 20.0 Å². The molecule has 3 aromatic rings. The lowest BCUT2D eigenvalue weighted by Gasteiger charge is -2.15. The zero-order chi connectivity index (χ0) is 19.6. The molecule has 27 heavy (non-hydrogen) atoms. The summed E-state index contributed by atoms with van der Waals surface area (Å²) < 4.78 is 34.2. The van der Waals surface area contributed by atoms with E-state index in [2.05, 4.69) is 15.3 Å². The van der Waals surface area contributed by atoms with E-state index in [4.69, 9.17) is 21.7 Å². The Balaban J connectivity index is 2.13. The number of benzene rings is 1. The summed E-state index contributed by atoms with van der Waals surface area (Å²) in [5, 5.41) is 11.3. The number of ether oxygens (including phenoxy) is 1. The molecule has 142 valence electrons. The summed E-state index contributed by atoms with van der Waals surface area (Å²) in [5.41, 5.74) is 1.72. The number of nitrogens with one attached hydrogen (secondary N) is 2. The van der Waals surface area contributed by atoms with Crippen LogP contribution in [0.1, 0.15) is 12.7 Å². The minimum absolute atomic E-state index is 0.174. The van der Waals surface area contributed by atoms with Crippen LogP contribution >= 0.6 is 11.6 Å². The van der Waals surface area contributed by atoms with Crippen molar-refractivity contribution in [3.05, 3.63) is 47.2 Å². The zero-order valence-electron chi connectivity index (χ0n) is 14.8. The van der Waals surface area contributed by atoms with E-state index in [1.54, 1.807) is 24.4 Å². The Hall–Kier alpha value is -2.74. The zero-order valence-corrected chi connectivity index (χ0v) is 15.5. The van der Waals surface area contributed by atoms with Gasteiger partial charge in [0.15, 0.2) is 5.76 Å². The van der Waals surface area contributed by atoms with Crippen molar-refractivity contribution in [2.45, 2.75) is 25.9 Å². The number of rotatable bonds is 7. The fraction of sp³-hybridized carbons (Fsp3) is 0.278. The summed E-state index contributed by atoms with van der Waals surface area (Å²) in [5.74, 6) is -2.21. The number of allylic oxidation sites excluding steroid dienone is 1. The number of hydrogen-bond acceptors (Lipinski definition) is 5. The van der Waals surface area contributed by atoms with Gasteiger partial charge >= 0.3 is 0 Å². The Kier molecular flexibility index (Phi) is 5.27. The number of nitrogens with zero attached hydrogens (tertiary/aromatic N) is 3. The van der Waals surface area contributed by atoms with Crippen molar-refractivity contribution >= 4 is 39.8 Å². The summed E-state index contributed by atoms with van der Waals surface area (Å²) in [6.07, 6.45) is 4.08. The molecule has 0 unspecified atom stereocenters. The van der Waals surface area contributed by atoms with Gasteiger partial charge in [-0.05, 0) is 18.2 Å². The molecule has 0 aliphatic carbocycles. The first kappa shape index (κ1) is 19.0. The van der Waals surface area contributed by atoms with E-state index < -0.39 is 12.5 Å². The third kappa shape index (κ3) is 4.16. The fourth-order valence-corrected chi connectivity index (χ4v) is 2.99. The smallest absolute Gasteiger partial charge is 0.262 e. The van der Waals surface area contributed by atoms with Crippen molar-refractivity contribution in [3.8, 4) is 0 Å².